The molecule has 2 aromatic carbocycles. The van der Waals surface area contributed by atoms with Crippen LogP contribution in [-0.4, -0.2) is 21.0 Å². The molecular weight excluding hydrogens is 378 g/mol. The maximum Gasteiger partial charge on any atom is 0.253 e. The SMILES string of the molecule is Cc1ccc(C)c2[nH]c(=O)c(CN(C(=S)Nc3ccccc3)C3CCCC3)cc12. The van der Waals surface area contributed by atoms with Crippen molar-refractivity contribution in [1.29, 1.82) is 0 Å². The fourth-order valence-electron chi connectivity index (χ4n) is 4.22. The molecule has 4 nitrogen and oxygen atoms in total. The van der Waals surface area contributed by atoms with Crippen molar-refractivity contribution in [3.05, 3.63) is 75.6 Å². The number of rotatable bonds is 4. The Kier molecular flexibility index (Phi) is 5.67. The van der Waals surface area contributed by atoms with Gasteiger partial charge in [0, 0.05) is 22.7 Å². The standard InChI is InChI=1S/C24H27N3OS/c1-16-12-13-17(2)22-21(16)14-18(23(28)26-22)15-27(20-10-6-7-11-20)24(29)25-19-8-4-3-5-9-19/h3-5,8-9,12-14,20H,6-7,10-11,15H2,1-2H3,(H,25,29)(H,26,28). The van der Waals surface area contributed by atoms with Crippen molar-refractivity contribution < 1.29 is 0 Å². The van der Waals surface area contributed by atoms with Crippen molar-refractivity contribution in [2.24, 2.45) is 0 Å². The molecule has 0 aliphatic heterocycles. The summed E-state index contributed by atoms with van der Waals surface area (Å²) in [6.45, 7) is 4.63. The van der Waals surface area contributed by atoms with Crippen LogP contribution in [0.1, 0.15) is 42.4 Å². The van der Waals surface area contributed by atoms with E-state index in [1.807, 2.05) is 43.3 Å². The van der Waals surface area contributed by atoms with Crippen LogP contribution in [0.4, 0.5) is 5.69 Å². The summed E-state index contributed by atoms with van der Waals surface area (Å²) in [5.41, 5.74) is 4.88. The number of hydrogen-bond acceptors (Lipinski definition) is 2. The highest BCUT2D eigenvalue weighted by atomic mass is 32.1. The summed E-state index contributed by atoms with van der Waals surface area (Å²) < 4.78 is 0. The Bertz CT molecular complexity index is 1080. The van der Waals surface area contributed by atoms with Crippen molar-refractivity contribution in [3.63, 3.8) is 0 Å². The minimum atomic E-state index is -0.0308. The average Bonchev–Trinajstić information content (AvgIpc) is 3.25. The zero-order chi connectivity index (χ0) is 20.4. The zero-order valence-electron chi connectivity index (χ0n) is 17.0. The summed E-state index contributed by atoms with van der Waals surface area (Å²) in [4.78, 5) is 18.2. The van der Waals surface area contributed by atoms with Gasteiger partial charge in [0.05, 0.1) is 12.1 Å². The van der Waals surface area contributed by atoms with Crippen molar-refractivity contribution in [2.75, 3.05) is 5.32 Å². The van der Waals surface area contributed by atoms with Gasteiger partial charge in [0.25, 0.3) is 5.56 Å². The Morgan fingerprint density at radius 1 is 1.10 bits per heavy atom. The topological polar surface area (TPSA) is 48.1 Å². The van der Waals surface area contributed by atoms with E-state index in [9.17, 15) is 4.79 Å². The number of nitrogens with one attached hydrogen (secondary N) is 2. The van der Waals surface area contributed by atoms with Gasteiger partial charge < -0.3 is 15.2 Å². The van der Waals surface area contributed by atoms with Gasteiger partial charge in [-0.1, -0.05) is 43.2 Å². The lowest BCUT2D eigenvalue weighted by Gasteiger charge is -2.31. The molecule has 1 aromatic heterocycles. The van der Waals surface area contributed by atoms with E-state index < -0.39 is 0 Å². The quantitative estimate of drug-likeness (QED) is 0.579. The van der Waals surface area contributed by atoms with Crippen LogP contribution in [0.5, 0.6) is 0 Å². The number of aryl methyl sites for hydroxylation is 2. The monoisotopic (exact) mass is 405 g/mol. The Labute approximate surface area is 176 Å². The van der Waals surface area contributed by atoms with Crippen molar-refractivity contribution in [2.45, 2.75) is 52.1 Å². The minimum absolute atomic E-state index is 0.0308. The number of H-pyrrole nitrogens is 1. The van der Waals surface area contributed by atoms with Crippen LogP contribution >= 0.6 is 12.2 Å². The van der Waals surface area contributed by atoms with E-state index in [0.717, 1.165) is 40.6 Å². The van der Waals surface area contributed by atoms with E-state index >= 15 is 0 Å². The van der Waals surface area contributed by atoms with E-state index in [1.165, 1.54) is 18.4 Å². The van der Waals surface area contributed by atoms with Crippen LogP contribution in [0.3, 0.4) is 0 Å². The number of pyridine rings is 1. The molecule has 29 heavy (non-hydrogen) atoms. The number of hydrogen-bond donors (Lipinski definition) is 2. The molecule has 1 saturated carbocycles. The second kappa shape index (κ2) is 8.37. The lowest BCUT2D eigenvalue weighted by Crippen LogP contribution is -2.42. The van der Waals surface area contributed by atoms with E-state index in [-0.39, 0.29) is 5.56 Å². The number of thiocarbonyl (C=S) groups is 1. The molecule has 0 unspecified atom stereocenters. The largest absolute Gasteiger partial charge is 0.342 e. The molecule has 4 rings (SSSR count). The fraction of sp³-hybridized carbons (Fsp3) is 0.333. The van der Waals surface area contributed by atoms with Gasteiger partial charge >= 0.3 is 0 Å². The van der Waals surface area contributed by atoms with E-state index in [4.69, 9.17) is 12.2 Å². The first-order valence-corrected chi connectivity index (χ1v) is 10.7. The van der Waals surface area contributed by atoms with Crippen LogP contribution in [0.15, 0.2) is 53.3 Å². The number of anilines is 1. The maximum absolute atomic E-state index is 12.9. The first-order valence-electron chi connectivity index (χ1n) is 10.3. The first kappa shape index (κ1) is 19.6. The minimum Gasteiger partial charge on any atom is -0.342 e. The molecule has 0 atom stereocenters. The molecule has 2 N–H and O–H groups in total. The van der Waals surface area contributed by atoms with Gasteiger partial charge in [-0.3, -0.25) is 4.79 Å². The first-order chi connectivity index (χ1) is 14.0. The Balaban J connectivity index is 1.67. The molecule has 1 fully saturated rings. The number of nitrogens with zero attached hydrogens (tertiary/aromatic N) is 1. The third-order valence-corrected chi connectivity index (χ3v) is 6.25. The Morgan fingerprint density at radius 2 is 1.79 bits per heavy atom. The van der Waals surface area contributed by atoms with Crippen LogP contribution in [0.2, 0.25) is 0 Å². The van der Waals surface area contributed by atoms with Crippen molar-refractivity contribution in [3.8, 4) is 0 Å². The highest BCUT2D eigenvalue weighted by Gasteiger charge is 2.26. The number of aromatic amines is 1. The van der Waals surface area contributed by atoms with E-state index in [0.29, 0.717) is 17.7 Å². The fourth-order valence-corrected chi connectivity index (χ4v) is 4.55. The lowest BCUT2D eigenvalue weighted by atomic mass is 10.0. The second-order valence-corrected chi connectivity index (χ2v) is 8.36. The third-order valence-electron chi connectivity index (χ3n) is 5.91. The van der Waals surface area contributed by atoms with Crippen molar-refractivity contribution >= 4 is 33.9 Å². The molecule has 150 valence electrons. The highest BCUT2D eigenvalue weighted by molar-refractivity contribution is 7.80. The highest BCUT2D eigenvalue weighted by Crippen LogP contribution is 2.26. The molecular formula is C24H27N3OS. The van der Waals surface area contributed by atoms with Crippen molar-refractivity contribution in [1.82, 2.24) is 9.88 Å². The Hall–Kier alpha value is -2.66. The molecule has 0 spiro atoms. The summed E-state index contributed by atoms with van der Waals surface area (Å²) in [6.07, 6.45) is 4.64. The molecule has 0 saturated heterocycles. The lowest BCUT2D eigenvalue weighted by molar-refractivity contribution is 0.311. The third kappa shape index (κ3) is 4.20. The number of benzene rings is 2. The molecule has 3 aromatic rings. The van der Waals surface area contributed by atoms with Gasteiger partial charge in [0.1, 0.15) is 0 Å². The summed E-state index contributed by atoms with van der Waals surface area (Å²) >= 11 is 5.78. The second-order valence-electron chi connectivity index (χ2n) is 7.97. The molecule has 1 aliphatic rings. The van der Waals surface area contributed by atoms with Crippen LogP contribution in [0.25, 0.3) is 10.9 Å². The molecule has 0 amide bonds. The number of aromatic nitrogens is 1. The predicted molar refractivity (Wildman–Crippen MR) is 125 cm³/mol. The number of para-hydroxylation sites is 1. The summed E-state index contributed by atoms with van der Waals surface area (Å²) in [5, 5.41) is 5.15. The van der Waals surface area contributed by atoms with Crippen LogP contribution in [-0.2, 0) is 6.54 Å². The zero-order valence-corrected chi connectivity index (χ0v) is 17.8. The molecule has 0 radical (unpaired) electrons. The van der Waals surface area contributed by atoms with Gasteiger partial charge in [-0.05, 0) is 68.2 Å². The number of fused-ring (bicyclic) bond motifs is 1. The summed E-state index contributed by atoms with van der Waals surface area (Å²) in [5.74, 6) is 0. The molecule has 1 aliphatic carbocycles. The maximum atomic E-state index is 12.9. The van der Waals surface area contributed by atoms with Gasteiger partial charge in [-0.25, -0.2) is 0 Å². The van der Waals surface area contributed by atoms with Gasteiger partial charge in [0.2, 0.25) is 0 Å². The van der Waals surface area contributed by atoms with Gasteiger partial charge in [-0.15, -0.1) is 0 Å². The Morgan fingerprint density at radius 3 is 2.52 bits per heavy atom. The van der Waals surface area contributed by atoms with Gasteiger partial charge in [0.15, 0.2) is 5.11 Å². The molecule has 0 bridgehead atoms. The van der Waals surface area contributed by atoms with E-state index in [2.05, 4.69) is 34.3 Å². The van der Waals surface area contributed by atoms with Crippen LogP contribution in [0, 0.1) is 13.8 Å². The van der Waals surface area contributed by atoms with E-state index in [1.54, 1.807) is 0 Å². The molecule has 5 heteroatoms. The summed E-state index contributed by atoms with van der Waals surface area (Å²) in [6, 6.07) is 16.6. The van der Waals surface area contributed by atoms with Crippen LogP contribution < -0.4 is 10.9 Å². The molecule has 1 heterocycles. The smallest absolute Gasteiger partial charge is 0.253 e. The van der Waals surface area contributed by atoms with Gasteiger partial charge in [-0.2, -0.15) is 0 Å². The normalized spacial score (nSPS) is 14.3. The predicted octanol–water partition coefficient (Wildman–Crippen LogP) is 5.29. The summed E-state index contributed by atoms with van der Waals surface area (Å²) in [7, 11) is 0. The average molecular weight is 406 g/mol.